The molecule has 112 valence electrons. The largest absolute Gasteiger partial charge is 0.455 e. The van der Waals surface area contributed by atoms with E-state index < -0.39 is 5.97 Å². The molecule has 0 aliphatic heterocycles. The molecule has 0 amide bonds. The number of carbonyl (C=O) groups is 1. The number of hydrogen-bond donors (Lipinski definition) is 1. The molecule has 2 rings (SSSR count). The van der Waals surface area contributed by atoms with E-state index in [9.17, 15) is 4.79 Å². The standard InChI is InChI=1S/C14H17ClN4O2/c1-4-11-13(15)12(19(3)18-11)7-21-14(20)10-5-9(16)6-17-8(10)2/h5-6H,4,7,16H2,1-3H3. The van der Waals surface area contributed by atoms with Crippen LogP contribution in [0.3, 0.4) is 0 Å². The second kappa shape index (κ2) is 6.13. The van der Waals surface area contributed by atoms with Crippen molar-refractivity contribution in [3.05, 3.63) is 39.9 Å². The van der Waals surface area contributed by atoms with E-state index in [2.05, 4.69) is 10.1 Å². The summed E-state index contributed by atoms with van der Waals surface area (Å²) in [5.74, 6) is -0.484. The van der Waals surface area contributed by atoms with Gasteiger partial charge in [0.15, 0.2) is 0 Å². The highest BCUT2D eigenvalue weighted by Gasteiger charge is 2.17. The topological polar surface area (TPSA) is 83.0 Å². The van der Waals surface area contributed by atoms with E-state index in [1.807, 2.05) is 6.92 Å². The summed E-state index contributed by atoms with van der Waals surface area (Å²) in [5, 5.41) is 4.81. The molecule has 0 fully saturated rings. The van der Waals surface area contributed by atoms with Gasteiger partial charge in [-0.1, -0.05) is 18.5 Å². The Bertz CT molecular complexity index is 682. The van der Waals surface area contributed by atoms with Crippen LogP contribution in [0.1, 0.15) is 34.4 Å². The third-order valence-electron chi connectivity index (χ3n) is 3.17. The first-order chi connectivity index (χ1) is 9.93. The van der Waals surface area contributed by atoms with Crippen LogP contribution in [0.4, 0.5) is 5.69 Å². The molecular weight excluding hydrogens is 292 g/mol. The Morgan fingerprint density at radius 1 is 1.52 bits per heavy atom. The van der Waals surface area contributed by atoms with Gasteiger partial charge < -0.3 is 10.5 Å². The summed E-state index contributed by atoms with van der Waals surface area (Å²) in [7, 11) is 1.77. The minimum atomic E-state index is -0.484. The molecular formula is C14H17ClN4O2. The highest BCUT2D eigenvalue weighted by atomic mass is 35.5. The van der Waals surface area contributed by atoms with Gasteiger partial charge in [-0.05, 0) is 19.4 Å². The zero-order valence-electron chi connectivity index (χ0n) is 12.2. The molecule has 0 saturated heterocycles. The maximum Gasteiger partial charge on any atom is 0.340 e. The van der Waals surface area contributed by atoms with E-state index in [1.165, 1.54) is 6.20 Å². The van der Waals surface area contributed by atoms with Gasteiger partial charge in [0.1, 0.15) is 6.61 Å². The fourth-order valence-electron chi connectivity index (χ4n) is 1.94. The second-order valence-electron chi connectivity index (χ2n) is 4.66. The van der Waals surface area contributed by atoms with Crippen molar-refractivity contribution in [3.8, 4) is 0 Å². The smallest absolute Gasteiger partial charge is 0.340 e. The van der Waals surface area contributed by atoms with Crippen molar-refractivity contribution < 1.29 is 9.53 Å². The van der Waals surface area contributed by atoms with Crippen molar-refractivity contribution in [1.82, 2.24) is 14.8 Å². The van der Waals surface area contributed by atoms with E-state index >= 15 is 0 Å². The van der Waals surface area contributed by atoms with Gasteiger partial charge in [0.05, 0.1) is 39.6 Å². The maximum atomic E-state index is 12.1. The lowest BCUT2D eigenvalue weighted by Crippen LogP contribution is -2.11. The van der Waals surface area contributed by atoms with E-state index in [0.717, 1.165) is 12.1 Å². The fourth-order valence-corrected chi connectivity index (χ4v) is 2.29. The van der Waals surface area contributed by atoms with Gasteiger partial charge in [-0.2, -0.15) is 5.10 Å². The number of carbonyl (C=O) groups excluding carboxylic acids is 1. The first-order valence-corrected chi connectivity index (χ1v) is 6.91. The number of aryl methyl sites for hydroxylation is 3. The van der Waals surface area contributed by atoms with Gasteiger partial charge in [-0.15, -0.1) is 0 Å². The summed E-state index contributed by atoms with van der Waals surface area (Å²) in [6, 6.07) is 1.55. The zero-order valence-corrected chi connectivity index (χ0v) is 12.9. The molecule has 2 aromatic heterocycles. The Labute approximate surface area is 127 Å². The first-order valence-electron chi connectivity index (χ1n) is 6.53. The van der Waals surface area contributed by atoms with Crippen LogP contribution in [0.15, 0.2) is 12.3 Å². The number of halogens is 1. The summed E-state index contributed by atoms with van der Waals surface area (Å²) >= 11 is 6.21. The predicted octanol–water partition coefficient (Wildman–Crippen LogP) is 2.28. The second-order valence-corrected chi connectivity index (χ2v) is 5.04. The van der Waals surface area contributed by atoms with Crippen LogP contribution in [-0.4, -0.2) is 20.7 Å². The van der Waals surface area contributed by atoms with E-state index in [4.69, 9.17) is 22.1 Å². The highest BCUT2D eigenvalue weighted by molar-refractivity contribution is 6.31. The lowest BCUT2D eigenvalue weighted by molar-refractivity contribution is 0.0462. The molecule has 7 heteroatoms. The summed E-state index contributed by atoms with van der Waals surface area (Å²) in [5.41, 5.74) is 8.42. The molecule has 0 unspecified atom stereocenters. The molecule has 21 heavy (non-hydrogen) atoms. The summed E-state index contributed by atoms with van der Waals surface area (Å²) in [6.07, 6.45) is 2.22. The lowest BCUT2D eigenvalue weighted by Gasteiger charge is -2.08. The molecule has 0 atom stereocenters. The summed E-state index contributed by atoms with van der Waals surface area (Å²) in [4.78, 5) is 16.1. The number of esters is 1. The minimum Gasteiger partial charge on any atom is -0.455 e. The summed E-state index contributed by atoms with van der Waals surface area (Å²) < 4.78 is 6.91. The average molecular weight is 309 g/mol. The average Bonchev–Trinajstić information content (AvgIpc) is 2.73. The van der Waals surface area contributed by atoms with Gasteiger partial charge in [-0.25, -0.2) is 4.79 Å². The van der Waals surface area contributed by atoms with Gasteiger partial charge in [0, 0.05) is 7.05 Å². The maximum absolute atomic E-state index is 12.1. The fraction of sp³-hybridized carbons (Fsp3) is 0.357. The van der Waals surface area contributed by atoms with Crippen LogP contribution in [0.25, 0.3) is 0 Å². The Kier molecular flexibility index (Phi) is 4.47. The van der Waals surface area contributed by atoms with Crippen molar-refractivity contribution in [3.63, 3.8) is 0 Å². The molecule has 0 bridgehead atoms. The molecule has 0 aliphatic rings. The van der Waals surface area contributed by atoms with Crippen LogP contribution in [0.2, 0.25) is 5.02 Å². The van der Waals surface area contributed by atoms with Crippen LogP contribution in [0.5, 0.6) is 0 Å². The van der Waals surface area contributed by atoms with Crippen molar-refractivity contribution in [1.29, 1.82) is 0 Å². The number of ether oxygens (including phenoxy) is 1. The van der Waals surface area contributed by atoms with E-state index in [0.29, 0.717) is 27.7 Å². The molecule has 2 heterocycles. The number of hydrogen-bond acceptors (Lipinski definition) is 5. The molecule has 0 aromatic carbocycles. The monoisotopic (exact) mass is 308 g/mol. The number of rotatable bonds is 4. The van der Waals surface area contributed by atoms with Crippen LogP contribution in [0, 0.1) is 6.92 Å². The molecule has 2 aromatic rings. The number of aromatic nitrogens is 3. The zero-order chi connectivity index (χ0) is 15.6. The van der Waals surface area contributed by atoms with Gasteiger partial charge >= 0.3 is 5.97 Å². The van der Waals surface area contributed by atoms with Crippen LogP contribution >= 0.6 is 11.6 Å². The number of nitrogens with zero attached hydrogens (tertiary/aromatic N) is 3. The lowest BCUT2D eigenvalue weighted by atomic mass is 10.2. The first kappa shape index (κ1) is 15.3. The molecule has 0 radical (unpaired) electrons. The van der Waals surface area contributed by atoms with Crippen LogP contribution < -0.4 is 5.73 Å². The third-order valence-corrected chi connectivity index (χ3v) is 3.61. The normalized spacial score (nSPS) is 10.7. The third kappa shape index (κ3) is 3.16. The van der Waals surface area contributed by atoms with Crippen molar-refractivity contribution in [2.24, 2.45) is 7.05 Å². The van der Waals surface area contributed by atoms with Gasteiger partial charge in [-0.3, -0.25) is 9.67 Å². The van der Waals surface area contributed by atoms with E-state index in [-0.39, 0.29) is 6.61 Å². The Morgan fingerprint density at radius 2 is 2.24 bits per heavy atom. The Morgan fingerprint density at radius 3 is 2.86 bits per heavy atom. The van der Waals surface area contributed by atoms with Gasteiger partial charge in [0.2, 0.25) is 0 Å². The van der Waals surface area contributed by atoms with Crippen molar-refractivity contribution >= 4 is 23.3 Å². The van der Waals surface area contributed by atoms with Crippen molar-refractivity contribution in [2.45, 2.75) is 26.9 Å². The number of pyridine rings is 1. The van der Waals surface area contributed by atoms with E-state index in [1.54, 1.807) is 24.7 Å². The van der Waals surface area contributed by atoms with Crippen LogP contribution in [-0.2, 0) is 24.8 Å². The number of nitrogens with two attached hydrogens (primary N) is 1. The summed E-state index contributed by atoms with van der Waals surface area (Å²) in [6.45, 7) is 3.74. The SMILES string of the molecule is CCc1nn(C)c(COC(=O)c2cc(N)cnc2C)c1Cl. The van der Waals surface area contributed by atoms with Gasteiger partial charge in [0.25, 0.3) is 0 Å². The Hall–Kier alpha value is -2.08. The molecule has 6 nitrogen and oxygen atoms in total. The van der Waals surface area contributed by atoms with Crippen molar-refractivity contribution in [2.75, 3.05) is 5.73 Å². The Balaban J connectivity index is 2.15. The molecule has 2 N–H and O–H groups in total. The predicted molar refractivity (Wildman–Crippen MR) is 80.1 cm³/mol. The molecule has 0 aliphatic carbocycles. The number of nitrogen functional groups attached to an aromatic ring is 1. The molecule has 0 saturated carbocycles. The highest BCUT2D eigenvalue weighted by Crippen LogP contribution is 2.22. The minimum absolute atomic E-state index is 0.0510. The number of anilines is 1. The molecule has 0 spiro atoms. The quantitative estimate of drug-likeness (QED) is 0.876.